The minimum atomic E-state index is 0.854. The number of hydrogen-bond donors (Lipinski definition) is 2. The quantitative estimate of drug-likeness (QED) is 0.571. The molecule has 0 saturated heterocycles. The molecule has 0 radical (unpaired) electrons. The van der Waals surface area contributed by atoms with Gasteiger partial charge in [0, 0.05) is 23.7 Å². The van der Waals surface area contributed by atoms with Crippen molar-refractivity contribution in [2.75, 3.05) is 12.3 Å². The molecule has 1 aromatic heterocycles. The monoisotopic (exact) mass is 207 g/mol. The van der Waals surface area contributed by atoms with E-state index in [0.29, 0.717) is 0 Å². The summed E-state index contributed by atoms with van der Waals surface area (Å²) in [4.78, 5) is 1.27. The van der Waals surface area contributed by atoms with E-state index < -0.39 is 0 Å². The summed E-state index contributed by atoms with van der Waals surface area (Å²) in [5.74, 6) is 0.874. The van der Waals surface area contributed by atoms with E-state index in [9.17, 15) is 0 Å². The van der Waals surface area contributed by atoms with Gasteiger partial charge in [0.1, 0.15) is 0 Å². The Morgan fingerprint density at radius 2 is 2.36 bits per heavy atom. The van der Waals surface area contributed by atoms with E-state index in [1.165, 1.54) is 4.88 Å². The van der Waals surface area contributed by atoms with Gasteiger partial charge in [0.25, 0.3) is 0 Å². The molecular formula is C7H10ClNS2. The number of thiol groups is 1. The van der Waals surface area contributed by atoms with E-state index in [1.807, 2.05) is 12.1 Å². The molecule has 1 nitrogen and oxygen atoms in total. The molecule has 4 heteroatoms. The first-order valence-electron chi connectivity index (χ1n) is 3.38. The SMILES string of the molecule is SCCNCc1ccc(Cl)s1. The van der Waals surface area contributed by atoms with E-state index in [0.717, 1.165) is 23.2 Å². The van der Waals surface area contributed by atoms with Crippen molar-refractivity contribution < 1.29 is 0 Å². The van der Waals surface area contributed by atoms with Crippen LogP contribution in [0.25, 0.3) is 0 Å². The van der Waals surface area contributed by atoms with Crippen LogP contribution in [0.4, 0.5) is 0 Å². The minimum absolute atomic E-state index is 0.854. The van der Waals surface area contributed by atoms with Crippen LogP contribution in [-0.4, -0.2) is 12.3 Å². The van der Waals surface area contributed by atoms with Gasteiger partial charge in [0.15, 0.2) is 0 Å². The zero-order valence-electron chi connectivity index (χ0n) is 6.01. The van der Waals surface area contributed by atoms with Gasteiger partial charge in [0.2, 0.25) is 0 Å². The number of nitrogens with one attached hydrogen (secondary N) is 1. The number of hydrogen-bond acceptors (Lipinski definition) is 3. The molecule has 0 aliphatic heterocycles. The molecule has 0 unspecified atom stereocenters. The van der Waals surface area contributed by atoms with Crippen molar-refractivity contribution in [2.24, 2.45) is 0 Å². The highest BCUT2D eigenvalue weighted by Gasteiger charge is 1.95. The van der Waals surface area contributed by atoms with Crippen LogP contribution < -0.4 is 5.32 Å². The Balaban J connectivity index is 2.27. The maximum atomic E-state index is 5.75. The molecule has 1 heterocycles. The predicted molar refractivity (Wildman–Crippen MR) is 54.9 cm³/mol. The molecule has 1 N–H and O–H groups in total. The molecule has 62 valence electrons. The molecule has 1 aromatic rings. The van der Waals surface area contributed by atoms with Crippen molar-refractivity contribution >= 4 is 35.6 Å². The van der Waals surface area contributed by atoms with Crippen LogP contribution in [0.15, 0.2) is 12.1 Å². The predicted octanol–water partition coefficient (Wildman–Crippen LogP) is 2.42. The van der Waals surface area contributed by atoms with Gasteiger partial charge >= 0.3 is 0 Å². The number of thiophene rings is 1. The second-order valence-corrected chi connectivity index (χ2v) is 4.35. The first-order valence-corrected chi connectivity index (χ1v) is 5.21. The van der Waals surface area contributed by atoms with Crippen LogP contribution in [0, 0.1) is 0 Å². The van der Waals surface area contributed by atoms with Crippen molar-refractivity contribution in [1.29, 1.82) is 0 Å². The summed E-state index contributed by atoms with van der Waals surface area (Å²) < 4.78 is 0.854. The average Bonchev–Trinajstić information content (AvgIpc) is 2.37. The number of halogens is 1. The summed E-state index contributed by atoms with van der Waals surface area (Å²) in [7, 11) is 0. The van der Waals surface area contributed by atoms with Crippen LogP contribution >= 0.6 is 35.6 Å². The van der Waals surface area contributed by atoms with Crippen LogP contribution in [-0.2, 0) is 6.54 Å². The lowest BCUT2D eigenvalue weighted by molar-refractivity contribution is 0.742. The minimum Gasteiger partial charge on any atom is -0.311 e. The van der Waals surface area contributed by atoms with Crippen LogP contribution in [0.1, 0.15) is 4.88 Å². The molecule has 0 bridgehead atoms. The molecule has 0 aromatic carbocycles. The Hall–Kier alpha value is 0.300. The molecule has 0 saturated carbocycles. The van der Waals surface area contributed by atoms with E-state index >= 15 is 0 Å². The smallest absolute Gasteiger partial charge is 0.0931 e. The van der Waals surface area contributed by atoms with Crippen LogP contribution in [0.2, 0.25) is 4.34 Å². The molecular weight excluding hydrogens is 198 g/mol. The summed E-state index contributed by atoms with van der Waals surface area (Å²) in [5, 5.41) is 3.24. The Kier molecular flexibility index (Phi) is 4.30. The van der Waals surface area contributed by atoms with Crippen molar-refractivity contribution in [3.63, 3.8) is 0 Å². The largest absolute Gasteiger partial charge is 0.311 e. The zero-order valence-corrected chi connectivity index (χ0v) is 8.48. The van der Waals surface area contributed by atoms with Crippen LogP contribution in [0.5, 0.6) is 0 Å². The van der Waals surface area contributed by atoms with Gasteiger partial charge < -0.3 is 5.32 Å². The third-order valence-electron chi connectivity index (χ3n) is 1.22. The van der Waals surface area contributed by atoms with E-state index in [4.69, 9.17) is 11.6 Å². The molecule has 0 fully saturated rings. The summed E-state index contributed by atoms with van der Waals surface area (Å²) in [5.41, 5.74) is 0. The third-order valence-corrected chi connectivity index (χ3v) is 2.67. The molecule has 1 rings (SSSR count). The first kappa shape index (κ1) is 9.39. The fourth-order valence-electron chi connectivity index (χ4n) is 0.737. The highest BCUT2D eigenvalue weighted by atomic mass is 35.5. The molecule has 0 aliphatic carbocycles. The van der Waals surface area contributed by atoms with Gasteiger partial charge in [0.05, 0.1) is 4.34 Å². The summed E-state index contributed by atoms with van der Waals surface area (Å²) in [6.07, 6.45) is 0. The van der Waals surface area contributed by atoms with Gasteiger partial charge in [-0.15, -0.1) is 11.3 Å². The Morgan fingerprint density at radius 1 is 1.55 bits per heavy atom. The molecule has 0 spiro atoms. The topological polar surface area (TPSA) is 12.0 Å². The van der Waals surface area contributed by atoms with Crippen LogP contribution in [0.3, 0.4) is 0 Å². The van der Waals surface area contributed by atoms with Gasteiger partial charge in [-0.25, -0.2) is 0 Å². The normalized spacial score (nSPS) is 10.4. The second-order valence-electron chi connectivity index (χ2n) is 2.11. The standard InChI is InChI=1S/C7H10ClNS2/c8-7-2-1-6(11-7)5-9-3-4-10/h1-2,9-10H,3-5H2. The second kappa shape index (κ2) is 5.04. The molecule has 0 atom stereocenters. The Labute approximate surface area is 81.2 Å². The Bertz CT molecular complexity index is 212. The maximum absolute atomic E-state index is 5.75. The maximum Gasteiger partial charge on any atom is 0.0931 e. The fourth-order valence-corrected chi connectivity index (χ4v) is 1.95. The lowest BCUT2D eigenvalue weighted by Crippen LogP contribution is -2.14. The van der Waals surface area contributed by atoms with Crippen molar-refractivity contribution in [1.82, 2.24) is 5.32 Å². The molecule has 0 amide bonds. The first-order chi connectivity index (χ1) is 5.33. The summed E-state index contributed by atoms with van der Waals surface area (Å²) >= 11 is 11.5. The summed E-state index contributed by atoms with van der Waals surface area (Å²) in [6, 6.07) is 3.96. The fraction of sp³-hybridized carbons (Fsp3) is 0.429. The van der Waals surface area contributed by atoms with Crippen molar-refractivity contribution in [2.45, 2.75) is 6.54 Å². The zero-order chi connectivity index (χ0) is 8.10. The summed E-state index contributed by atoms with van der Waals surface area (Å²) in [6.45, 7) is 1.84. The third kappa shape index (κ3) is 3.47. The highest BCUT2D eigenvalue weighted by molar-refractivity contribution is 7.80. The molecule has 0 aliphatic rings. The van der Waals surface area contributed by atoms with E-state index in [-0.39, 0.29) is 0 Å². The number of rotatable bonds is 4. The lowest BCUT2D eigenvalue weighted by Gasteiger charge is -1.97. The van der Waals surface area contributed by atoms with E-state index in [2.05, 4.69) is 17.9 Å². The van der Waals surface area contributed by atoms with Gasteiger partial charge in [-0.1, -0.05) is 11.6 Å². The lowest BCUT2D eigenvalue weighted by atomic mass is 10.4. The van der Waals surface area contributed by atoms with Crippen molar-refractivity contribution in [3.8, 4) is 0 Å². The van der Waals surface area contributed by atoms with Crippen molar-refractivity contribution in [3.05, 3.63) is 21.3 Å². The highest BCUT2D eigenvalue weighted by Crippen LogP contribution is 2.20. The molecule has 11 heavy (non-hydrogen) atoms. The van der Waals surface area contributed by atoms with E-state index in [1.54, 1.807) is 11.3 Å². The Morgan fingerprint density at radius 3 is 2.91 bits per heavy atom. The van der Waals surface area contributed by atoms with Gasteiger partial charge in [-0.2, -0.15) is 12.6 Å². The van der Waals surface area contributed by atoms with Gasteiger partial charge in [-0.3, -0.25) is 0 Å². The van der Waals surface area contributed by atoms with Gasteiger partial charge in [-0.05, 0) is 12.1 Å². The average molecular weight is 208 g/mol.